The first-order chi connectivity index (χ1) is 10.5. The van der Waals surface area contributed by atoms with Crippen molar-refractivity contribution in [3.8, 4) is 0 Å². The lowest BCUT2D eigenvalue weighted by Crippen LogP contribution is -2.34. The molecular weight excluding hydrogens is 324 g/mol. The molecule has 2 N–H and O–H groups in total. The molecule has 0 heterocycles. The van der Waals surface area contributed by atoms with E-state index in [0.717, 1.165) is 0 Å². The van der Waals surface area contributed by atoms with E-state index in [1.807, 2.05) is 6.07 Å². The number of hydrogen-bond acceptors (Lipinski definition) is 3. The normalized spacial score (nSPS) is 11.1. The summed E-state index contributed by atoms with van der Waals surface area (Å²) in [4.78, 5) is 11.9. The van der Waals surface area contributed by atoms with Crippen molar-refractivity contribution >= 4 is 27.5 Å². The maximum absolute atomic E-state index is 12.0. The van der Waals surface area contributed by atoms with Crippen molar-refractivity contribution in [1.29, 1.82) is 0 Å². The average molecular weight is 339 g/mol. The van der Waals surface area contributed by atoms with Gasteiger partial charge in [0.05, 0.1) is 4.90 Å². The molecule has 22 heavy (non-hydrogen) atoms. The van der Waals surface area contributed by atoms with Gasteiger partial charge in [0.1, 0.15) is 0 Å². The van der Waals surface area contributed by atoms with Crippen LogP contribution >= 0.6 is 11.6 Å². The highest BCUT2D eigenvalue weighted by atomic mass is 35.5. The van der Waals surface area contributed by atoms with Crippen molar-refractivity contribution in [2.45, 2.75) is 4.90 Å². The molecule has 0 aliphatic carbocycles. The third-order valence-corrected chi connectivity index (χ3v) is 4.59. The maximum Gasteiger partial charge on any atom is 0.251 e. The number of carbonyl (C=O) groups excluding carboxylic acids is 1. The van der Waals surface area contributed by atoms with Crippen LogP contribution in [0.3, 0.4) is 0 Å². The monoisotopic (exact) mass is 338 g/mol. The van der Waals surface area contributed by atoms with Gasteiger partial charge in [0, 0.05) is 23.7 Å². The Morgan fingerprint density at radius 2 is 1.59 bits per heavy atom. The molecule has 1 amide bonds. The van der Waals surface area contributed by atoms with E-state index in [0.29, 0.717) is 10.6 Å². The standard InChI is InChI=1S/C15H15ClN2O3S/c16-13-6-8-14(9-7-13)22(20,21)18-11-10-17-15(19)12-4-2-1-3-5-12/h1-9,18H,10-11H2,(H,17,19). The molecule has 0 radical (unpaired) electrons. The molecule has 2 aromatic rings. The van der Waals surface area contributed by atoms with Gasteiger partial charge in [-0.3, -0.25) is 4.79 Å². The largest absolute Gasteiger partial charge is 0.351 e. The number of benzene rings is 2. The van der Waals surface area contributed by atoms with E-state index >= 15 is 0 Å². The summed E-state index contributed by atoms with van der Waals surface area (Å²) in [5.74, 6) is -0.244. The number of carbonyl (C=O) groups is 1. The minimum absolute atomic E-state index is 0.101. The zero-order chi connectivity index (χ0) is 16.0. The summed E-state index contributed by atoms with van der Waals surface area (Å²) in [5, 5.41) is 3.11. The van der Waals surface area contributed by atoms with Crippen LogP contribution in [0.15, 0.2) is 59.5 Å². The summed E-state index contributed by atoms with van der Waals surface area (Å²) in [5.41, 5.74) is 0.531. The van der Waals surface area contributed by atoms with Crippen LogP contribution in [-0.4, -0.2) is 27.4 Å². The SMILES string of the molecule is O=C(NCCNS(=O)(=O)c1ccc(Cl)cc1)c1ccccc1. The highest BCUT2D eigenvalue weighted by molar-refractivity contribution is 7.89. The molecule has 0 saturated carbocycles. The van der Waals surface area contributed by atoms with Gasteiger partial charge in [0.15, 0.2) is 0 Å². The minimum atomic E-state index is -3.60. The Morgan fingerprint density at radius 1 is 0.955 bits per heavy atom. The van der Waals surface area contributed by atoms with Crippen molar-refractivity contribution in [3.63, 3.8) is 0 Å². The molecule has 0 atom stereocenters. The number of amides is 1. The molecule has 0 spiro atoms. The summed E-state index contributed by atoms with van der Waals surface area (Å²) < 4.78 is 26.4. The molecule has 2 rings (SSSR count). The van der Waals surface area contributed by atoms with Gasteiger partial charge in [-0.1, -0.05) is 29.8 Å². The average Bonchev–Trinajstić information content (AvgIpc) is 2.52. The van der Waals surface area contributed by atoms with E-state index in [4.69, 9.17) is 11.6 Å². The van der Waals surface area contributed by atoms with Gasteiger partial charge >= 0.3 is 0 Å². The zero-order valence-electron chi connectivity index (χ0n) is 11.6. The van der Waals surface area contributed by atoms with Crippen LogP contribution in [0.2, 0.25) is 5.02 Å². The van der Waals surface area contributed by atoms with Crippen LogP contribution in [0, 0.1) is 0 Å². The Labute approximate surface area is 134 Å². The molecule has 0 unspecified atom stereocenters. The van der Waals surface area contributed by atoms with E-state index in [2.05, 4.69) is 10.0 Å². The van der Waals surface area contributed by atoms with E-state index in [9.17, 15) is 13.2 Å². The van der Waals surface area contributed by atoms with Crippen molar-refractivity contribution < 1.29 is 13.2 Å². The molecule has 0 aliphatic heterocycles. The third kappa shape index (κ3) is 4.56. The van der Waals surface area contributed by atoms with Crippen LogP contribution in [0.1, 0.15) is 10.4 Å². The topological polar surface area (TPSA) is 75.3 Å². The van der Waals surface area contributed by atoms with Gasteiger partial charge in [-0.05, 0) is 36.4 Å². The summed E-state index contributed by atoms with van der Waals surface area (Å²) in [7, 11) is -3.60. The summed E-state index contributed by atoms with van der Waals surface area (Å²) >= 11 is 5.72. The highest BCUT2D eigenvalue weighted by Gasteiger charge is 2.13. The molecule has 0 fully saturated rings. The first kappa shape index (κ1) is 16.5. The second kappa shape index (κ2) is 7.40. The van der Waals surface area contributed by atoms with Gasteiger partial charge in [-0.2, -0.15) is 0 Å². The van der Waals surface area contributed by atoms with Crippen LogP contribution in [0.25, 0.3) is 0 Å². The van der Waals surface area contributed by atoms with Crippen LogP contribution < -0.4 is 10.0 Å². The van der Waals surface area contributed by atoms with E-state index in [1.165, 1.54) is 24.3 Å². The fraction of sp³-hybridized carbons (Fsp3) is 0.133. The lowest BCUT2D eigenvalue weighted by Gasteiger charge is -2.08. The number of sulfonamides is 1. The molecule has 5 nitrogen and oxygen atoms in total. The molecular formula is C15H15ClN2O3S. The third-order valence-electron chi connectivity index (χ3n) is 2.86. The molecule has 0 aliphatic rings. The van der Waals surface area contributed by atoms with Crippen LogP contribution in [0.4, 0.5) is 0 Å². The van der Waals surface area contributed by atoms with Crippen molar-refractivity contribution in [1.82, 2.24) is 10.0 Å². The molecule has 7 heteroatoms. The highest BCUT2D eigenvalue weighted by Crippen LogP contribution is 2.13. The smallest absolute Gasteiger partial charge is 0.251 e. The Hall–Kier alpha value is -1.89. The van der Waals surface area contributed by atoms with Crippen molar-refractivity contribution in [3.05, 3.63) is 65.2 Å². The lowest BCUT2D eigenvalue weighted by molar-refractivity contribution is 0.0954. The summed E-state index contributed by atoms with van der Waals surface area (Å²) in [6.45, 7) is 0.296. The number of halogens is 1. The number of rotatable bonds is 6. The predicted molar refractivity (Wildman–Crippen MR) is 85.4 cm³/mol. The summed E-state index contributed by atoms with van der Waals surface area (Å²) in [6, 6.07) is 14.6. The molecule has 0 bridgehead atoms. The van der Waals surface area contributed by atoms with Gasteiger partial charge in [0.25, 0.3) is 5.91 Å². The summed E-state index contributed by atoms with van der Waals surface area (Å²) in [6.07, 6.45) is 0. The molecule has 2 aromatic carbocycles. The van der Waals surface area contributed by atoms with Crippen LogP contribution in [-0.2, 0) is 10.0 Å². The Bertz CT molecular complexity index is 731. The van der Waals surface area contributed by atoms with E-state index in [1.54, 1.807) is 24.3 Å². The van der Waals surface area contributed by atoms with Gasteiger partial charge in [-0.25, -0.2) is 13.1 Å². The molecule has 0 saturated heterocycles. The predicted octanol–water partition coefficient (Wildman–Crippen LogP) is 2.05. The van der Waals surface area contributed by atoms with E-state index in [-0.39, 0.29) is 23.9 Å². The zero-order valence-corrected chi connectivity index (χ0v) is 13.2. The minimum Gasteiger partial charge on any atom is -0.351 e. The maximum atomic E-state index is 12.0. The first-order valence-electron chi connectivity index (χ1n) is 6.57. The first-order valence-corrected chi connectivity index (χ1v) is 8.43. The molecule has 0 aromatic heterocycles. The fourth-order valence-corrected chi connectivity index (χ4v) is 2.91. The lowest BCUT2D eigenvalue weighted by atomic mass is 10.2. The number of hydrogen-bond donors (Lipinski definition) is 2. The fourth-order valence-electron chi connectivity index (χ4n) is 1.75. The quantitative estimate of drug-likeness (QED) is 0.791. The number of nitrogens with one attached hydrogen (secondary N) is 2. The Morgan fingerprint density at radius 3 is 2.23 bits per heavy atom. The van der Waals surface area contributed by atoms with Crippen molar-refractivity contribution in [2.24, 2.45) is 0 Å². The van der Waals surface area contributed by atoms with Crippen LogP contribution in [0.5, 0.6) is 0 Å². The Balaban J connectivity index is 1.83. The van der Waals surface area contributed by atoms with E-state index < -0.39 is 10.0 Å². The second-order valence-corrected chi connectivity index (χ2v) is 6.68. The molecule has 116 valence electrons. The second-order valence-electron chi connectivity index (χ2n) is 4.47. The van der Waals surface area contributed by atoms with Crippen molar-refractivity contribution in [2.75, 3.05) is 13.1 Å². The van der Waals surface area contributed by atoms with Gasteiger partial charge in [0.2, 0.25) is 10.0 Å². The van der Waals surface area contributed by atoms with Gasteiger partial charge in [-0.15, -0.1) is 0 Å². The van der Waals surface area contributed by atoms with Gasteiger partial charge < -0.3 is 5.32 Å². The Kier molecular flexibility index (Phi) is 5.54.